The van der Waals surface area contributed by atoms with Crippen LogP contribution in [0.3, 0.4) is 0 Å². The molecule has 20 heavy (non-hydrogen) atoms. The molecule has 0 spiro atoms. The number of benzene rings is 1. The van der Waals surface area contributed by atoms with Crippen molar-refractivity contribution < 1.29 is 0 Å². The lowest BCUT2D eigenvalue weighted by Crippen LogP contribution is -2.41. The van der Waals surface area contributed by atoms with E-state index in [2.05, 4.69) is 49.3 Å². The summed E-state index contributed by atoms with van der Waals surface area (Å²) in [5.74, 6) is 0.770. The molecule has 1 saturated heterocycles. The molecule has 1 heterocycles. The molecule has 1 aromatic carbocycles. The van der Waals surface area contributed by atoms with E-state index < -0.39 is 0 Å². The van der Waals surface area contributed by atoms with Crippen LogP contribution in [0.25, 0.3) is 0 Å². The molecule has 0 aliphatic carbocycles. The van der Waals surface area contributed by atoms with Crippen molar-refractivity contribution in [3.05, 3.63) is 35.4 Å². The van der Waals surface area contributed by atoms with Crippen LogP contribution >= 0.6 is 0 Å². The summed E-state index contributed by atoms with van der Waals surface area (Å²) in [5.41, 5.74) is 1.98. The third-order valence-electron chi connectivity index (χ3n) is 4.52. The molecule has 1 aromatic rings. The summed E-state index contributed by atoms with van der Waals surface area (Å²) in [6.45, 7) is 6.92. The summed E-state index contributed by atoms with van der Waals surface area (Å²) >= 11 is 0. The highest BCUT2D eigenvalue weighted by molar-refractivity contribution is 5.32. The molecule has 2 unspecified atom stereocenters. The second kappa shape index (κ2) is 6.88. The third kappa shape index (κ3) is 3.82. The molecule has 3 nitrogen and oxygen atoms in total. The first-order chi connectivity index (χ1) is 9.60. The van der Waals surface area contributed by atoms with Gasteiger partial charge in [0.2, 0.25) is 0 Å². The highest BCUT2D eigenvalue weighted by Crippen LogP contribution is 2.22. The Balaban J connectivity index is 1.89. The fraction of sp³-hybridized carbons (Fsp3) is 0.588. The van der Waals surface area contributed by atoms with Gasteiger partial charge in [-0.15, -0.1) is 0 Å². The average molecular weight is 271 g/mol. The van der Waals surface area contributed by atoms with E-state index in [1.165, 1.54) is 31.5 Å². The van der Waals surface area contributed by atoms with E-state index in [9.17, 15) is 0 Å². The van der Waals surface area contributed by atoms with Crippen LogP contribution in [-0.4, -0.2) is 31.1 Å². The number of nitrogens with one attached hydrogen (secondary N) is 1. The van der Waals surface area contributed by atoms with Gasteiger partial charge in [0.1, 0.15) is 0 Å². The zero-order valence-corrected chi connectivity index (χ0v) is 12.8. The third-order valence-corrected chi connectivity index (χ3v) is 4.52. The standard InChI is InChI=1S/C17H25N3/c1-13(16-6-4-15(12-18)5-7-16)19-14(2)17-8-10-20(3)11-9-17/h4-7,13-14,17,19H,8-11H2,1-3H3. The van der Waals surface area contributed by atoms with Crippen molar-refractivity contribution in [2.75, 3.05) is 20.1 Å². The number of piperidine rings is 1. The predicted octanol–water partition coefficient (Wildman–Crippen LogP) is 2.94. The Hall–Kier alpha value is -1.37. The van der Waals surface area contributed by atoms with Crippen molar-refractivity contribution in [3.63, 3.8) is 0 Å². The number of hydrogen-bond donors (Lipinski definition) is 1. The molecular formula is C17H25N3. The first kappa shape index (κ1) is 15.0. The minimum atomic E-state index is 0.331. The van der Waals surface area contributed by atoms with Crippen LogP contribution in [0, 0.1) is 17.2 Å². The molecular weight excluding hydrogens is 246 g/mol. The Labute approximate surface area is 122 Å². The summed E-state index contributed by atoms with van der Waals surface area (Å²) in [5, 5.41) is 12.6. The van der Waals surface area contributed by atoms with E-state index in [0.717, 1.165) is 11.5 Å². The maximum Gasteiger partial charge on any atom is 0.0991 e. The van der Waals surface area contributed by atoms with Gasteiger partial charge in [-0.05, 0) is 70.4 Å². The van der Waals surface area contributed by atoms with Gasteiger partial charge >= 0.3 is 0 Å². The Morgan fingerprint density at radius 2 is 1.80 bits per heavy atom. The number of nitrogens with zero attached hydrogens (tertiary/aromatic N) is 2. The van der Waals surface area contributed by atoms with Gasteiger partial charge in [0.25, 0.3) is 0 Å². The molecule has 1 N–H and O–H groups in total. The largest absolute Gasteiger partial charge is 0.307 e. The highest BCUT2D eigenvalue weighted by atomic mass is 15.1. The van der Waals surface area contributed by atoms with Gasteiger partial charge in [0.15, 0.2) is 0 Å². The SMILES string of the molecule is CC(NC(C)C1CCN(C)CC1)c1ccc(C#N)cc1. The van der Waals surface area contributed by atoms with Crippen molar-refractivity contribution in [1.82, 2.24) is 10.2 Å². The molecule has 0 radical (unpaired) electrons. The van der Waals surface area contributed by atoms with E-state index in [-0.39, 0.29) is 0 Å². The quantitative estimate of drug-likeness (QED) is 0.915. The molecule has 0 aromatic heterocycles. The molecule has 1 fully saturated rings. The molecule has 2 atom stereocenters. The van der Waals surface area contributed by atoms with Crippen LogP contribution in [0.2, 0.25) is 0 Å². The van der Waals surface area contributed by atoms with Crippen LogP contribution in [0.5, 0.6) is 0 Å². The Kier molecular flexibility index (Phi) is 5.17. The lowest BCUT2D eigenvalue weighted by molar-refractivity contribution is 0.185. The van der Waals surface area contributed by atoms with Gasteiger partial charge in [-0.25, -0.2) is 0 Å². The molecule has 0 saturated carbocycles. The van der Waals surface area contributed by atoms with Crippen LogP contribution in [0.1, 0.15) is 43.9 Å². The fourth-order valence-corrected chi connectivity index (χ4v) is 3.00. The van der Waals surface area contributed by atoms with Gasteiger partial charge in [-0.2, -0.15) is 5.26 Å². The molecule has 1 aliphatic rings. The smallest absolute Gasteiger partial charge is 0.0991 e. The van der Waals surface area contributed by atoms with Crippen LogP contribution < -0.4 is 5.32 Å². The summed E-state index contributed by atoms with van der Waals surface area (Å²) < 4.78 is 0. The van der Waals surface area contributed by atoms with E-state index in [4.69, 9.17) is 5.26 Å². The predicted molar refractivity (Wildman–Crippen MR) is 82.4 cm³/mol. The van der Waals surface area contributed by atoms with Crippen LogP contribution in [-0.2, 0) is 0 Å². The van der Waals surface area contributed by atoms with Gasteiger partial charge in [0.05, 0.1) is 11.6 Å². The molecule has 108 valence electrons. The van der Waals surface area contributed by atoms with E-state index >= 15 is 0 Å². The van der Waals surface area contributed by atoms with Crippen molar-refractivity contribution in [1.29, 1.82) is 5.26 Å². The fourth-order valence-electron chi connectivity index (χ4n) is 3.00. The number of hydrogen-bond acceptors (Lipinski definition) is 3. The highest BCUT2D eigenvalue weighted by Gasteiger charge is 2.23. The second-order valence-corrected chi connectivity index (χ2v) is 6.05. The van der Waals surface area contributed by atoms with Gasteiger partial charge in [-0.3, -0.25) is 0 Å². The van der Waals surface area contributed by atoms with Gasteiger partial charge in [0, 0.05) is 12.1 Å². The molecule has 0 bridgehead atoms. The van der Waals surface area contributed by atoms with E-state index in [1.807, 2.05) is 12.1 Å². The minimum Gasteiger partial charge on any atom is -0.307 e. The lowest BCUT2D eigenvalue weighted by atomic mass is 9.90. The maximum atomic E-state index is 8.83. The van der Waals surface area contributed by atoms with Crippen molar-refractivity contribution in [2.24, 2.45) is 5.92 Å². The van der Waals surface area contributed by atoms with Crippen molar-refractivity contribution >= 4 is 0 Å². The number of likely N-dealkylation sites (tertiary alicyclic amines) is 1. The molecule has 0 amide bonds. The van der Waals surface area contributed by atoms with E-state index in [1.54, 1.807) is 0 Å². The summed E-state index contributed by atoms with van der Waals surface area (Å²) in [7, 11) is 2.20. The first-order valence-corrected chi connectivity index (χ1v) is 7.55. The zero-order valence-electron chi connectivity index (χ0n) is 12.8. The summed E-state index contributed by atoms with van der Waals surface area (Å²) in [6.07, 6.45) is 2.56. The lowest BCUT2D eigenvalue weighted by Gasteiger charge is -2.34. The average Bonchev–Trinajstić information content (AvgIpc) is 2.48. The van der Waals surface area contributed by atoms with Gasteiger partial charge < -0.3 is 10.2 Å². The Morgan fingerprint density at radius 1 is 1.20 bits per heavy atom. The molecule has 1 aliphatic heterocycles. The zero-order chi connectivity index (χ0) is 14.5. The summed E-state index contributed by atoms with van der Waals surface area (Å²) in [4.78, 5) is 2.41. The van der Waals surface area contributed by atoms with Crippen LogP contribution in [0.4, 0.5) is 0 Å². The first-order valence-electron chi connectivity index (χ1n) is 7.55. The normalized spacial score (nSPS) is 20.3. The minimum absolute atomic E-state index is 0.331. The van der Waals surface area contributed by atoms with Gasteiger partial charge in [-0.1, -0.05) is 12.1 Å². The number of nitriles is 1. The summed E-state index contributed by atoms with van der Waals surface area (Å²) in [6, 6.07) is 10.9. The molecule has 2 rings (SSSR count). The van der Waals surface area contributed by atoms with E-state index in [0.29, 0.717) is 12.1 Å². The maximum absolute atomic E-state index is 8.83. The van der Waals surface area contributed by atoms with Crippen LogP contribution in [0.15, 0.2) is 24.3 Å². The Morgan fingerprint density at radius 3 is 2.35 bits per heavy atom. The van der Waals surface area contributed by atoms with Crippen molar-refractivity contribution in [2.45, 2.75) is 38.8 Å². The van der Waals surface area contributed by atoms with Crippen molar-refractivity contribution in [3.8, 4) is 6.07 Å². The molecule has 3 heteroatoms. The topological polar surface area (TPSA) is 39.1 Å². The number of rotatable bonds is 4. The second-order valence-electron chi connectivity index (χ2n) is 6.05. The monoisotopic (exact) mass is 271 g/mol. The Bertz CT molecular complexity index is 452.